The van der Waals surface area contributed by atoms with Crippen molar-refractivity contribution >= 4 is 11.6 Å². The molecular weight excluding hydrogens is 324 g/mol. The summed E-state index contributed by atoms with van der Waals surface area (Å²) in [5.41, 5.74) is 3.38. The predicted molar refractivity (Wildman–Crippen MR) is 101 cm³/mol. The molecule has 0 bridgehead atoms. The number of ether oxygens (including phenoxy) is 1. The van der Waals surface area contributed by atoms with Crippen LogP contribution in [0.3, 0.4) is 0 Å². The van der Waals surface area contributed by atoms with Crippen LogP contribution in [0, 0.1) is 11.3 Å². The summed E-state index contributed by atoms with van der Waals surface area (Å²) >= 11 is 0. The maximum absolute atomic E-state index is 12.3. The van der Waals surface area contributed by atoms with Crippen molar-refractivity contribution in [2.45, 2.75) is 6.42 Å². The van der Waals surface area contributed by atoms with Gasteiger partial charge in [-0.2, -0.15) is 5.26 Å². The summed E-state index contributed by atoms with van der Waals surface area (Å²) in [5.74, 6) is 0.140. The number of carbonyl (C=O) groups is 1. The summed E-state index contributed by atoms with van der Waals surface area (Å²) in [6.07, 6.45) is 0.732. The number of anilines is 1. The molecule has 26 heavy (non-hydrogen) atoms. The van der Waals surface area contributed by atoms with Crippen LogP contribution in [0.25, 0.3) is 0 Å². The molecule has 3 rings (SSSR count). The van der Waals surface area contributed by atoms with E-state index in [0.717, 1.165) is 17.7 Å². The molecule has 1 amide bonds. The minimum absolute atomic E-state index is 0.154. The van der Waals surface area contributed by atoms with Crippen molar-refractivity contribution in [1.82, 2.24) is 0 Å². The number of nitrogens with one attached hydrogen (secondary N) is 1. The maximum Gasteiger partial charge on any atom is 0.262 e. The van der Waals surface area contributed by atoms with Gasteiger partial charge in [0.25, 0.3) is 5.91 Å². The first-order valence-corrected chi connectivity index (χ1v) is 8.30. The molecule has 4 nitrogen and oxygen atoms in total. The lowest BCUT2D eigenvalue weighted by molar-refractivity contribution is -0.118. The zero-order chi connectivity index (χ0) is 18.2. The summed E-state index contributed by atoms with van der Waals surface area (Å²) in [4.78, 5) is 12.3. The number of hydrogen-bond acceptors (Lipinski definition) is 3. The van der Waals surface area contributed by atoms with Crippen LogP contribution >= 0.6 is 0 Å². The molecule has 0 unspecified atom stereocenters. The van der Waals surface area contributed by atoms with Crippen molar-refractivity contribution in [2.75, 3.05) is 11.9 Å². The van der Waals surface area contributed by atoms with Gasteiger partial charge in [-0.3, -0.25) is 4.79 Å². The summed E-state index contributed by atoms with van der Waals surface area (Å²) in [5, 5.41) is 12.0. The number of hydrogen-bond donors (Lipinski definition) is 1. The van der Waals surface area contributed by atoms with Crippen molar-refractivity contribution in [3.05, 3.63) is 95.6 Å². The Hall–Kier alpha value is -3.58. The molecule has 0 aliphatic heterocycles. The van der Waals surface area contributed by atoms with E-state index in [0.29, 0.717) is 11.3 Å². The molecule has 0 radical (unpaired) electrons. The van der Waals surface area contributed by atoms with E-state index in [2.05, 4.69) is 17.4 Å². The Labute approximate surface area is 152 Å². The molecule has 1 N–H and O–H groups in total. The molecule has 0 fully saturated rings. The fourth-order valence-corrected chi connectivity index (χ4v) is 2.63. The Balaban J connectivity index is 1.65. The third-order valence-electron chi connectivity index (χ3n) is 3.90. The van der Waals surface area contributed by atoms with E-state index >= 15 is 0 Å². The van der Waals surface area contributed by atoms with Crippen LogP contribution in [0.15, 0.2) is 78.9 Å². The molecule has 128 valence electrons. The second-order valence-corrected chi connectivity index (χ2v) is 5.76. The van der Waals surface area contributed by atoms with Gasteiger partial charge in [-0.05, 0) is 35.7 Å². The number of para-hydroxylation sites is 2. The largest absolute Gasteiger partial charge is 0.482 e. The van der Waals surface area contributed by atoms with E-state index < -0.39 is 0 Å². The minimum atomic E-state index is -0.266. The number of amides is 1. The smallest absolute Gasteiger partial charge is 0.262 e. The van der Waals surface area contributed by atoms with Crippen LogP contribution in [0.5, 0.6) is 5.75 Å². The molecule has 0 aromatic heterocycles. The van der Waals surface area contributed by atoms with Crippen molar-refractivity contribution in [3.63, 3.8) is 0 Å². The topological polar surface area (TPSA) is 62.1 Å². The quantitative estimate of drug-likeness (QED) is 0.731. The average Bonchev–Trinajstić information content (AvgIpc) is 2.69. The van der Waals surface area contributed by atoms with E-state index in [1.54, 1.807) is 24.3 Å². The summed E-state index contributed by atoms with van der Waals surface area (Å²) < 4.78 is 5.49. The zero-order valence-corrected chi connectivity index (χ0v) is 14.2. The van der Waals surface area contributed by atoms with Crippen LogP contribution in [0.4, 0.5) is 5.69 Å². The van der Waals surface area contributed by atoms with Crippen LogP contribution in [-0.4, -0.2) is 12.5 Å². The van der Waals surface area contributed by atoms with Gasteiger partial charge in [-0.25, -0.2) is 0 Å². The first-order valence-electron chi connectivity index (χ1n) is 8.30. The SMILES string of the molecule is N#Cc1ccccc1OCC(=O)Nc1ccccc1Cc1ccccc1. The number of rotatable bonds is 6. The van der Waals surface area contributed by atoms with Gasteiger partial charge in [-0.15, -0.1) is 0 Å². The third-order valence-corrected chi connectivity index (χ3v) is 3.90. The Bertz CT molecular complexity index is 930. The third kappa shape index (κ3) is 4.49. The summed E-state index contributed by atoms with van der Waals surface area (Å²) in [6, 6.07) is 26.7. The zero-order valence-electron chi connectivity index (χ0n) is 14.2. The highest BCUT2D eigenvalue weighted by Crippen LogP contribution is 2.20. The number of benzene rings is 3. The summed E-state index contributed by atoms with van der Waals surface area (Å²) in [6.45, 7) is -0.154. The standard InChI is InChI=1S/C22H18N2O2/c23-15-19-11-5-7-13-21(19)26-16-22(25)24-20-12-6-4-10-18(20)14-17-8-2-1-3-9-17/h1-13H,14,16H2,(H,24,25). The average molecular weight is 342 g/mol. The molecule has 0 aliphatic carbocycles. The van der Waals surface area contributed by atoms with Crippen molar-refractivity contribution in [3.8, 4) is 11.8 Å². The molecular formula is C22H18N2O2. The number of nitrogens with zero attached hydrogens (tertiary/aromatic N) is 1. The lowest BCUT2D eigenvalue weighted by Gasteiger charge is -2.12. The second-order valence-electron chi connectivity index (χ2n) is 5.76. The van der Waals surface area contributed by atoms with Crippen molar-refractivity contribution < 1.29 is 9.53 Å². The van der Waals surface area contributed by atoms with Gasteiger partial charge in [-0.1, -0.05) is 60.7 Å². The van der Waals surface area contributed by atoms with Crippen LogP contribution in [0.1, 0.15) is 16.7 Å². The first kappa shape index (κ1) is 17.2. The Morgan fingerprint density at radius 1 is 0.923 bits per heavy atom. The van der Waals surface area contributed by atoms with Gasteiger partial charge >= 0.3 is 0 Å². The number of nitriles is 1. The molecule has 0 saturated carbocycles. The van der Waals surface area contributed by atoms with Crippen LogP contribution in [-0.2, 0) is 11.2 Å². The molecule has 0 heterocycles. The van der Waals surface area contributed by atoms with Crippen molar-refractivity contribution in [2.24, 2.45) is 0 Å². The van der Waals surface area contributed by atoms with E-state index in [9.17, 15) is 4.79 Å². The fourth-order valence-electron chi connectivity index (χ4n) is 2.63. The highest BCUT2D eigenvalue weighted by molar-refractivity contribution is 5.92. The molecule has 0 saturated heterocycles. The van der Waals surface area contributed by atoms with Gasteiger partial charge in [0, 0.05) is 5.69 Å². The molecule has 4 heteroatoms. The highest BCUT2D eigenvalue weighted by Gasteiger charge is 2.09. The second kappa shape index (κ2) is 8.50. The number of carbonyl (C=O) groups excluding carboxylic acids is 1. The van der Waals surface area contributed by atoms with Crippen LogP contribution in [0.2, 0.25) is 0 Å². The van der Waals surface area contributed by atoms with Gasteiger partial charge in [0.1, 0.15) is 11.8 Å². The Kier molecular flexibility index (Phi) is 5.64. The molecule has 3 aromatic rings. The van der Waals surface area contributed by atoms with Gasteiger partial charge in [0.05, 0.1) is 5.56 Å². The van der Waals surface area contributed by atoms with E-state index in [-0.39, 0.29) is 12.5 Å². The molecule has 0 atom stereocenters. The predicted octanol–water partition coefficient (Wildman–Crippen LogP) is 4.17. The van der Waals surface area contributed by atoms with Crippen LogP contribution < -0.4 is 10.1 Å². The monoisotopic (exact) mass is 342 g/mol. The summed E-state index contributed by atoms with van der Waals surface area (Å²) in [7, 11) is 0. The van der Waals surface area contributed by atoms with E-state index in [1.165, 1.54) is 5.56 Å². The van der Waals surface area contributed by atoms with Gasteiger partial charge < -0.3 is 10.1 Å². The highest BCUT2D eigenvalue weighted by atomic mass is 16.5. The Morgan fingerprint density at radius 3 is 2.42 bits per heavy atom. The Morgan fingerprint density at radius 2 is 1.62 bits per heavy atom. The first-order chi connectivity index (χ1) is 12.8. The molecule has 0 spiro atoms. The lowest BCUT2D eigenvalue weighted by Crippen LogP contribution is -2.21. The minimum Gasteiger partial charge on any atom is -0.482 e. The van der Waals surface area contributed by atoms with Gasteiger partial charge in [0.15, 0.2) is 6.61 Å². The van der Waals surface area contributed by atoms with Crippen molar-refractivity contribution in [1.29, 1.82) is 5.26 Å². The molecule has 0 aliphatic rings. The van der Waals surface area contributed by atoms with E-state index in [4.69, 9.17) is 10.00 Å². The fraction of sp³-hybridized carbons (Fsp3) is 0.0909. The van der Waals surface area contributed by atoms with Gasteiger partial charge in [0.2, 0.25) is 0 Å². The lowest BCUT2D eigenvalue weighted by atomic mass is 10.0. The van der Waals surface area contributed by atoms with E-state index in [1.807, 2.05) is 48.5 Å². The normalized spacial score (nSPS) is 9.96. The molecule has 3 aromatic carbocycles. The maximum atomic E-state index is 12.3.